The van der Waals surface area contributed by atoms with E-state index in [-0.39, 0.29) is 0 Å². The molecule has 0 radical (unpaired) electrons. The van der Waals surface area contributed by atoms with Crippen LogP contribution >= 0.6 is 0 Å². The third-order valence-electron chi connectivity index (χ3n) is 5.52. The van der Waals surface area contributed by atoms with Crippen LogP contribution in [0.1, 0.15) is 0 Å². The van der Waals surface area contributed by atoms with Crippen molar-refractivity contribution in [2.24, 2.45) is 0 Å². The van der Waals surface area contributed by atoms with Gasteiger partial charge in [-0.3, -0.25) is 0 Å². The molecule has 1 aliphatic rings. The molecular weight excluding hydrogens is 414 g/mol. The van der Waals surface area contributed by atoms with Crippen molar-refractivity contribution < 1.29 is 0 Å². The maximum absolute atomic E-state index is 2.73. The molecule has 108 valence electrons. The van der Waals surface area contributed by atoms with E-state index in [9.17, 15) is 0 Å². The Hall–Kier alpha value is 1.91. The fourth-order valence-corrected chi connectivity index (χ4v) is 63.6. The molecular formula is C12H32Se2Si4. The molecule has 0 bridgehead atoms. The Balaban J connectivity index is 2.89. The van der Waals surface area contributed by atoms with Crippen LogP contribution < -0.4 is 0 Å². The molecule has 0 nitrogen and oxygen atoms in total. The van der Waals surface area contributed by atoms with Gasteiger partial charge in [0.1, 0.15) is 0 Å². The zero-order valence-electron chi connectivity index (χ0n) is 13.6. The molecule has 0 unspecified atom stereocenters. The minimum atomic E-state index is -0.844. The van der Waals surface area contributed by atoms with E-state index < -0.39 is 30.4 Å². The Bertz CT molecular complexity index is 242. The molecule has 0 N–H and O–H groups in total. The van der Waals surface area contributed by atoms with Crippen LogP contribution in [0.15, 0.2) is 0 Å². The van der Waals surface area contributed by atoms with Gasteiger partial charge in [-0.25, -0.2) is 0 Å². The molecule has 1 heterocycles. The second-order valence-corrected chi connectivity index (χ2v) is 50.0. The van der Waals surface area contributed by atoms with E-state index in [2.05, 4.69) is 52.4 Å². The topological polar surface area (TPSA) is 0 Å². The predicted molar refractivity (Wildman–Crippen MR) is 101 cm³/mol. The third kappa shape index (κ3) is 3.97. The summed E-state index contributed by atoms with van der Waals surface area (Å²) < 4.78 is 0. The molecule has 6 heteroatoms. The van der Waals surface area contributed by atoms with Crippen molar-refractivity contribution in [3.05, 3.63) is 0 Å². The minimum absolute atomic E-state index is 0.844. The average molecular weight is 447 g/mol. The van der Waals surface area contributed by atoms with Gasteiger partial charge in [0.25, 0.3) is 0 Å². The Labute approximate surface area is 131 Å². The van der Waals surface area contributed by atoms with Crippen molar-refractivity contribution >= 4 is 60.3 Å². The molecule has 1 rings (SSSR count). The molecule has 1 saturated heterocycles. The van der Waals surface area contributed by atoms with Crippen LogP contribution in [0.4, 0.5) is 0 Å². The van der Waals surface area contributed by atoms with E-state index >= 15 is 0 Å². The molecule has 18 heavy (non-hydrogen) atoms. The second-order valence-electron chi connectivity index (χ2n) is 8.52. The fourth-order valence-electron chi connectivity index (χ4n) is 1.90. The number of rotatable bonds is 0. The van der Waals surface area contributed by atoms with Gasteiger partial charge in [-0.05, 0) is 0 Å². The molecule has 0 spiro atoms. The quantitative estimate of drug-likeness (QED) is 0.489. The summed E-state index contributed by atoms with van der Waals surface area (Å²) >= 11 is 1.98. The second kappa shape index (κ2) is 5.95. The van der Waals surface area contributed by atoms with Gasteiger partial charge in [0.2, 0.25) is 0 Å². The Morgan fingerprint density at radius 3 is 0.778 bits per heavy atom. The summed E-state index contributed by atoms with van der Waals surface area (Å²) in [5.41, 5.74) is 0. The summed E-state index contributed by atoms with van der Waals surface area (Å²) in [6.07, 6.45) is 0. The van der Waals surface area contributed by atoms with E-state index in [1.807, 2.05) is 0 Å². The summed E-state index contributed by atoms with van der Waals surface area (Å²) in [6, 6.07) is 0. The number of hydrogen-bond acceptors (Lipinski definition) is 0. The molecule has 0 aromatic heterocycles. The fraction of sp³-hybridized carbons (Fsp3) is 1.00. The molecule has 0 aromatic rings. The molecule has 0 amide bonds. The van der Waals surface area contributed by atoms with E-state index in [1.165, 1.54) is 0 Å². The first-order valence-electron chi connectivity index (χ1n) is 7.07. The molecule has 1 fully saturated rings. The first-order chi connectivity index (χ1) is 7.91. The summed E-state index contributed by atoms with van der Waals surface area (Å²) in [5.74, 6) is 0. The van der Waals surface area contributed by atoms with Crippen molar-refractivity contribution in [1.82, 2.24) is 0 Å². The van der Waals surface area contributed by atoms with Gasteiger partial charge >= 0.3 is 132 Å². The van der Waals surface area contributed by atoms with E-state index in [4.69, 9.17) is 0 Å². The van der Waals surface area contributed by atoms with Crippen LogP contribution in [0, 0.1) is 0 Å². The van der Waals surface area contributed by atoms with Crippen LogP contribution in [0.25, 0.3) is 0 Å². The summed E-state index contributed by atoms with van der Waals surface area (Å²) in [7, 11) is -3.38. The summed E-state index contributed by atoms with van der Waals surface area (Å²) in [6.45, 7) is 21.9. The van der Waals surface area contributed by atoms with Crippen LogP contribution in [-0.4, -0.2) is 60.3 Å². The van der Waals surface area contributed by atoms with Gasteiger partial charge in [-0.15, -0.1) is 0 Å². The standard InChI is InChI=1S/C12H32Se2Si4/c1-15(2)9-13-11-17(5,6)18(7,8)12-14-10-16(15,3)4/h9-12H2,1-8H3. The third-order valence-corrected chi connectivity index (χ3v) is 70.8. The van der Waals surface area contributed by atoms with Gasteiger partial charge < -0.3 is 0 Å². The molecule has 0 atom stereocenters. The SMILES string of the molecule is C[Si]1(C)C[Se]C[Si](C)(C)[Si](C)(C)C[Se]C[Si]1(C)C. The van der Waals surface area contributed by atoms with Gasteiger partial charge in [-0.2, -0.15) is 0 Å². The Morgan fingerprint density at radius 1 is 0.444 bits per heavy atom. The molecule has 0 aliphatic carbocycles. The molecule has 0 saturated carbocycles. The number of hydrogen-bond donors (Lipinski definition) is 0. The Kier molecular flexibility index (Phi) is 5.94. The van der Waals surface area contributed by atoms with Crippen LogP contribution in [0.5, 0.6) is 0 Å². The molecule has 0 aromatic carbocycles. The van der Waals surface area contributed by atoms with E-state index in [0.29, 0.717) is 0 Å². The zero-order chi connectivity index (χ0) is 14.2. The zero-order valence-corrected chi connectivity index (χ0v) is 21.1. The first-order valence-corrected chi connectivity index (χ1v) is 26.7. The van der Waals surface area contributed by atoms with E-state index in [0.717, 1.165) is 29.9 Å². The van der Waals surface area contributed by atoms with Gasteiger partial charge in [0.05, 0.1) is 0 Å². The summed E-state index contributed by atoms with van der Waals surface area (Å²) in [5, 5.41) is 0. The van der Waals surface area contributed by atoms with E-state index in [1.54, 1.807) is 19.8 Å². The van der Waals surface area contributed by atoms with Crippen molar-refractivity contribution in [3.8, 4) is 0 Å². The average Bonchev–Trinajstić information content (AvgIpc) is 2.14. The van der Waals surface area contributed by atoms with Crippen molar-refractivity contribution in [1.29, 1.82) is 0 Å². The van der Waals surface area contributed by atoms with Crippen LogP contribution in [0.3, 0.4) is 0 Å². The van der Waals surface area contributed by atoms with Crippen molar-refractivity contribution in [2.75, 3.05) is 0 Å². The normalized spacial score (nSPS) is 30.7. The Morgan fingerprint density at radius 2 is 0.611 bits per heavy atom. The van der Waals surface area contributed by atoms with Gasteiger partial charge in [0, 0.05) is 0 Å². The first kappa shape index (κ1) is 18.0. The van der Waals surface area contributed by atoms with Crippen molar-refractivity contribution in [2.45, 2.75) is 72.1 Å². The monoisotopic (exact) mass is 448 g/mol. The van der Waals surface area contributed by atoms with Gasteiger partial charge in [-0.1, -0.05) is 0 Å². The predicted octanol–water partition coefficient (Wildman–Crippen LogP) is 4.23. The van der Waals surface area contributed by atoms with Crippen LogP contribution in [0.2, 0.25) is 72.1 Å². The summed E-state index contributed by atoms with van der Waals surface area (Å²) in [4.78, 5) is 6.82. The molecule has 1 aliphatic heterocycles. The van der Waals surface area contributed by atoms with Crippen molar-refractivity contribution in [3.63, 3.8) is 0 Å². The maximum atomic E-state index is 2.73. The van der Waals surface area contributed by atoms with Crippen LogP contribution in [-0.2, 0) is 0 Å². The van der Waals surface area contributed by atoms with Gasteiger partial charge in [0.15, 0.2) is 0 Å².